The summed E-state index contributed by atoms with van der Waals surface area (Å²) in [6, 6.07) is 15.7. The molecule has 0 saturated heterocycles. The third-order valence-electron chi connectivity index (χ3n) is 2.76. The van der Waals surface area contributed by atoms with Crippen molar-refractivity contribution in [2.75, 3.05) is 7.11 Å². The highest BCUT2D eigenvalue weighted by atomic mass is 79.9. The molecule has 2 nitrogen and oxygen atoms in total. The minimum Gasteiger partial charge on any atom is -0.497 e. The Morgan fingerprint density at radius 2 is 1.84 bits per heavy atom. The van der Waals surface area contributed by atoms with Crippen LogP contribution >= 0.6 is 28.1 Å². The maximum Gasteiger partial charge on any atom is 0.119 e. The van der Waals surface area contributed by atoms with Crippen LogP contribution in [0.15, 0.2) is 58.0 Å². The summed E-state index contributed by atoms with van der Waals surface area (Å²) in [5.41, 5.74) is 2.08. The van der Waals surface area contributed by atoms with Gasteiger partial charge in [0.15, 0.2) is 0 Å². The van der Waals surface area contributed by atoms with Gasteiger partial charge in [-0.25, -0.2) is 4.99 Å². The molecule has 0 fully saturated rings. The Labute approximate surface area is 126 Å². The Bertz CT molecular complexity index is 623. The number of rotatable bonds is 4. The third kappa shape index (κ3) is 3.51. The first-order valence-corrected chi connectivity index (χ1v) is 6.91. The summed E-state index contributed by atoms with van der Waals surface area (Å²) in [4.78, 5) is 4.27. The van der Waals surface area contributed by atoms with Crippen molar-refractivity contribution in [3.05, 3.63) is 64.1 Å². The van der Waals surface area contributed by atoms with Crippen molar-refractivity contribution in [3.8, 4) is 5.75 Å². The molecule has 0 aliphatic carbocycles. The molecule has 0 aromatic heterocycles. The van der Waals surface area contributed by atoms with Crippen molar-refractivity contribution < 1.29 is 4.74 Å². The lowest BCUT2D eigenvalue weighted by atomic mass is 9.99. The summed E-state index contributed by atoms with van der Waals surface area (Å²) in [5.74, 6) is 0.803. The summed E-state index contributed by atoms with van der Waals surface area (Å²) in [6.45, 7) is 0. The zero-order chi connectivity index (χ0) is 13.7. The topological polar surface area (TPSA) is 21.6 Å². The lowest BCUT2D eigenvalue weighted by Gasteiger charge is -2.13. The van der Waals surface area contributed by atoms with E-state index >= 15 is 0 Å². The van der Waals surface area contributed by atoms with Gasteiger partial charge in [-0.05, 0) is 47.6 Å². The van der Waals surface area contributed by atoms with Gasteiger partial charge in [0.05, 0.1) is 12.3 Å². The molecule has 1 atom stereocenters. The van der Waals surface area contributed by atoms with E-state index in [9.17, 15) is 0 Å². The fraction of sp³-hybridized carbons (Fsp3) is 0.133. The van der Waals surface area contributed by atoms with Gasteiger partial charge in [0.1, 0.15) is 11.8 Å². The van der Waals surface area contributed by atoms with Gasteiger partial charge < -0.3 is 4.74 Å². The monoisotopic (exact) mass is 333 g/mol. The number of thiocarbonyl (C=S) groups is 1. The second-order valence-corrected chi connectivity index (χ2v) is 5.05. The Morgan fingerprint density at radius 3 is 2.47 bits per heavy atom. The number of hydrogen-bond donors (Lipinski definition) is 0. The molecule has 2 aromatic rings. The maximum atomic E-state index is 5.25. The Kier molecular flexibility index (Phi) is 4.86. The minimum atomic E-state index is -0.162. The van der Waals surface area contributed by atoms with E-state index in [1.54, 1.807) is 7.11 Å². The summed E-state index contributed by atoms with van der Waals surface area (Å²) < 4.78 is 6.26. The van der Waals surface area contributed by atoms with Crippen LogP contribution in [-0.4, -0.2) is 12.3 Å². The molecular formula is C15H12BrNOS. The van der Waals surface area contributed by atoms with E-state index in [2.05, 4.69) is 26.1 Å². The zero-order valence-electron chi connectivity index (χ0n) is 10.3. The molecule has 0 aliphatic heterocycles. The van der Waals surface area contributed by atoms with Gasteiger partial charge >= 0.3 is 0 Å². The number of isothiocyanates is 1. The predicted molar refractivity (Wildman–Crippen MR) is 84.0 cm³/mol. The van der Waals surface area contributed by atoms with Crippen molar-refractivity contribution in [3.63, 3.8) is 0 Å². The van der Waals surface area contributed by atoms with Gasteiger partial charge in [-0.3, -0.25) is 0 Å². The zero-order valence-corrected chi connectivity index (χ0v) is 12.7. The first kappa shape index (κ1) is 13.9. The number of hydrogen-bond acceptors (Lipinski definition) is 3. The van der Waals surface area contributed by atoms with Gasteiger partial charge in [0, 0.05) is 4.47 Å². The van der Waals surface area contributed by atoms with E-state index in [0.717, 1.165) is 21.3 Å². The highest BCUT2D eigenvalue weighted by Crippen LogP contribution is 2.29. The summed E-state index contributed by atoms with van der Waals surface area (Å²) in [7, 11) is 1.65. The molecule has 0 aliphatic rings. The fourth-order valence-corrected chi connectivity index (χ4v) is 2.40. The van der Waals surface area contributed by atoms with Crippen LogP contribution in [0, 0.1) is 0 Å². The predicted octanol–water partition coefficient (Wildman–Crippen LogP) is 4.65. The van der Waals surface area contributed by atoms with Crippen LogP contribution in [0.5, 0.6) is 5.75 Å². The molecule has 2 rings (SSSR count). The first-order chi connectivity index (χ1) is 9.24. The summed E-state index contributed by atoms with van der Waals surface area (Å²) in [5, 5.41) is 2.47. The van der Waals surface area contributed by atoms with Gasteiger partial charge in [0.25, 0.3) is 0 Å². The average molecular weight is 334 g/mol. The normalized spacial score (nSPS) is 11.5. The molecular weight excluding hydrogens is 322 g/mol. The standard InChI is InChI=1S/C15H12BrNOS/c1-18-14-7-3-5-12(9-14)15(17-10-19)11-4-2-6-13(16)8-11/h2-9,15H,1H3/t15-/m1/s1. The second kappa shape index (κ2) is 6.62. The molecule has 0 radical (unpaired) electrons. The van der Waals surface area contributed by atoms with Crippen molar-refractivity contribution in [1.82, 2.24) is 0 Å². The second-order valence-electron chi connectivity index (χ2n) is 3.95. The average Bonchev–Trinajstić information content (AvgIpc) is 2.45. The maximum absolute atomic E-state index is 5.25. The molecule has 0 amide bonds. The first-order valence-electron chi connectivity index (χ1n) is 5.71. The van der Waals surface area contributed by atoms with Crippen molar-refractivity contribution >= 4 is 33.3 Å². The van der Waals surface area contributed by atoms with Crippen molar-refractivity contribution in [2.45, 2.75) is 6.04 Å². The molecule has 0 unspecified atom stereocenters. The SMILES string of the molecule is COc1cccc([C@H](N=C=S)c2cccc(Br)c2)c1. The molecule has 0 heterocycles. The molecule has 0 bridgehead atoms. The smallest absolute Gasteiger partial charge is 0.119 e. The van der Waals surface area contributed by atoms with Crippen LogP contribution in [0.4, 0.5) is 0 Å². The van der Waals surface area contributed by atoms with Crippen LogP contribution < -0.4 is 4.74 Å². The van der Waals surface area contributed by atoms with Gasteiger partial charge in [-0.15, -0.1) is 0 Å². The number of benzene rings is 2. The molecule has 0 saturated carbocycles. The van der Waals surface area contributed by atoms with E-state index in [0.29, 0.717) is 0 Å². The number of methoxy groups -OCH3 is 1. The quantitative estimate of drug-likeness (QED) is 0.600. The van der Waals surface area contributed by atoms with E-state index in [1.807, 2.05) is 48.5 Å². The molecule has 96 valence electrons. The summed E-state index contributed by atoms with van der Waals surface area (Å²) in [6.07, 6.45) is 0. The van der Waals surface area contributed by atoms with Crippen LogP contribution in [0.3, 0.4) is 0 Å². The lowest BCUT2D eigenvalue weighted by molar-refractivity contribution is 0.414. The third-order valence-corrected chi connectivity index (χ3v) is 3.35. The van der Waals surface area contributed by atoms with Crippen molar-refractivity contribution in [1.29, 1.82) is 0 Å². The lowest BCUT2D eigenvalue weighted by Crippen LogP contribution is -1.98. The summed E-state index contributed by atoms with van der Waals surface area (Å²) >= 11 is 8.23. The molecule has 4 heteroatoms. The van der Waals surface area contributed by atoms with Crippen LogP contribution in [-0.2, 0) is 0 Å². The van der Waals surface area contributed by atoms with Gasteiger partial charge in [0.2, 0.25) is 0 Å². The Morgan fingerprint density at radius 1 is 1.16 bits per heavy atom. The Balaban J connectivity index is 2.47. The molecule has 0 spiro atoms. The Hall–Kier alpha value is -1.48. The van der Waals surface area contributed by atoms with E-state index in [1.165, 1.54) is 0 Å². The fourth-order valence-electron chi connectivity index (χ4n) is 1.88. The number of ether oxygens (including phenoxy) is 1. The van der Waals surface area contributed by atoms with Gasteiger partial charge in [-0.1, -0.05) is 40.2 Å². The number of halogens is 1. The van der Waals surface area contributed by atoms with Crippen molar-refractivity contribution in [2.24, 2.45) is 4.99 Å². The van der Waals surface area contributed by atoms with Crippen LogP contribution in [0.2, 0.25) is 0 Å². The largest absolute Gasteiger partial charge is 0.497 e. The van der Waals surface area contributed by atoms with Gasteiger partial charge in [-0.2, -0.15) is 0 Å². The van der Waals surface area contributed by atoms with Crippen LogP contribution in [0.25, 0.3) is 0 Å². The number of nitrogens with zero attached hydrogens (tertiary/aromatic N) is 1. The highest BCUT2D eigenvalue weighted by Gasteiger charge is 2.13. The van der Waals surface area contributed by atoms with E-state index in [-0.39, 0.29) is 6.04 Å². The number of aliphatic imine (C=N–C) groups is 1. The van der Waals surface area contributed by atoms with E-state index in [4.69, 9.17) is 17.0 Å². The van der Waals surface area contributed by atoms with E-state index < -0.39 is 0 Å². The molecule has 2 aromatic carbocycles. The van der Waals surface area contributed by atoms with Crippen LogP contribution in [0.1, 0.15) is 17.2 Å². The molecule has 0 N–H and O–H groups in total. The highest BCUT2D eigenvalue weighted by molar-refractivity contribution is 9.10. The molecule has 19 heavy (non-hydrogen) atoms. The minimum absolute atomic E-state index is 0.162.